The lowest BCUT2D eigenvalue weighted by atomic mass is 10.1. The normalized spacial score (nSPS) is 11.1. The van der Waals surface area contributed by atoms with Crippen molar-refractivity contribution < 1.29 is 15.0 Å². The summed E-state index contributed by atoms with van der Waals surface area (Å²) in [6.45, 7) is 5.39. The van der Waals surface area contributed by atoms with Crippen molar-refractivity contribution >= 4 is 5.97 Å². The number of rotatable bonds is 6. The van der Waals surface area contributed by atoms with Crippen LogP contribution in [0.2, 0.25) is 0 Å². The van der Waals surface area contributed by atoms with Gasteiger partial charge in [0, 0.05) is 13.1 Å². The molecular formula is C13H19NO3. The van der Waals surface area contributed by atoms with E-state index >= 15 is 0 Å². The Kier molecular flexibility index (Phi) is 4.97. The highest BCUT2D eigenvalue weighted by molar-refractivity contribution is 5.69. The van der Waals surface area contributed by atoms with Gasteiger partial charge < -0.3 is 10.2 Å². The minimum Gasteiger partial charge on any atom is -0.508 e. The molecule has 4 nitrogen and oxygen atoms in total. The van der Waals surface area contributed by atoms with E-state index in [0.717, 1.165) is 12.1 Å². The van der Waals surface area contributed by atoms with Gasteiger partial charge in [0.25, 0.3) is 0 Å². The van der Waals surface area contributed by atoms with Crippen molar-refractivity contribution in [3.8, 4) is 5.75 Å². The first-order valence-electron chi connectivity index (χ1n) is 5.69. The van der Waals surface area contributed by atoms with E-state index in [9.17, 15) is 9.90 Å². The molecule has 0 aliphatic rings. The van der Waals surface area contributed by atoms with Crippen molar-refractivity contribution in [1.29, 1.82) is 0 Å². The minimum atomic E-state index is -0.828. The molecule has 2 N–H and O–H groups in total. The molecular weight excluding hydrogens is 218 g/mol. The fourth-order valence-electron chi connectivity index (χ4n) is 1.81. The van der Waals surface area contributed by atoms with Crippen LogP contribution in [0, 0.1) is 5.92 Å². The number of hydrogen-bond acceptors (Lipinski definition) is 3. The van der Waals surface area contributed by atoms with Crippen molar-refractivity contribution in [2.45, 2.75) is 20.4 Å². The maximum Gasteiger partial charge on any atom is 0.317 e. The molecule has 0 aromatic heterocycles. The zero-order valence-electron chi connectivity index (χ0n) is 10.3. The molecule has 0 unspecified atom stereocenters. The van der Waals surface area contributed by atoms with Crippen molar-refractivity contribution in [3.63, 3.8) is 0 Å². The molecule has 0 aliphatic carbocycles. The van der Waals surface area contributed by atoms with Gasteiger partial charge in [-0.1, -0.05) is 26.0 Å². The third-order valence-electron chi connectivity index (χ3n) is 2.30. The van der Waals surface area contributed by atoms with Gasteiger partial charge in [0.2, 0.25) is 0 Å². The first-order chi connectivity index (χ1) is 7.97. The van der Waals surface area contributed by atoms with Crippen LogP contribution in [0.25, 0.3) is 0 Å². The van der Waals surface area contributed by atoms with Gasteiger partial charge in [-0.2, -0.15) is 0 Å². The van der Waals surface area contributed by atoms with Gasteiger partial charge in [0.1, 0.15) is 5.75 Å². The first-order valence-corrected chi connectivity index (χ1v) is 5.69. The minimum absolute atomic E-state index is 0.0217. The lowest BCUT2D eigenvalue weighted by molar-refractivity contribution is -0.138. The van der Waals surface area contributed by atoms with E-state index in [1.165, 1.54) is 0 Å². The van der Waals surface area contributed by atoms with E-state index in [-0.39, 0.29) is 12.3 Å². The maximum absolute atomic E-state index is 10.8. The van der Waals surface area contributed by atoms with Gasteiger partial charge in [-0.05, 0) is 23.6 Å². The number of benzene rings is 1. The highest BCUT2D eigenvalue weighted by Gasteiger charge is 2.12. The molecule has 4 heteroatoms. The Morgan fingerprint density at radius 3 is 2.65 bits per heavy atom. The predicted molar refractivity (Wildman–Crippen MR) is 65.9 cm³/mol. The van der Waals surface area contributed by atoms with E-state index in [1.54, 1.807) is 18.2 Å². The Hall–Kier alpha value is -1.55. The quantitative estimate of drug-likeness (QED) is 0.793. The number of phenols is 1. The van der Waals surface area contributed by atoms with Crippen LogP contribution in [0.15, 0.2) is 24.3 Å². The number of carboxylic acid groups (broad SMARTS) is 1. The van der Waals surface area contributed by atoms with Crippen molar-refractivity contribution in [1.82, 2.24) is 4.90 Å². The molecule has 0 aliphatic heterocycles. The third kappa shape index (κ3) is 5.36. The summed E-state index contributed by atoms with van der Waals surface area (Å²) in [5, 5.41) is 18.2. The topological polar surface area (TPSA) is 60.8 Å². The van der Waals surface area contributed by atoms with Gasteiger partial charge in [-0.25, -0.2) is 0 Å². The number of carbonyl (C=O) groups is 1. The number of carboxylic acids is 1. The summed E-state index contributed by atoms with van der Waals surface area (Å²) in [6, 6.07) is 6.91. The van der Waals surface area contributed by atoms with Crippen LogP contribution in [0.3, 0.4) is 0 Å². The molecule has 0 atom stereocenters. The largest absolute Gasteiger partial charge is 0.508 e. The molecule has 0 radical (unpaired) electrons. The molecule has 0 bridgehead atoms. The average Bonchev–Trinajstić information content (AvgIpc) is 2.14. The van der Waals surface area contributed by atoms with Gasteiger partial charge in [-0.15, -0.1) is 0 Å². The van der Waals surface area contributed by atoms with E-state index in [2.05, 4.69) is 13.8 Å². The molecule has 1 aromatic rings. The first kappa shape index (κ1) is 13.5. The number of nitrogens with zero attached hydrogens (tertiary/aromatic N) is 1. The summed E-state index contributed by atoms with van der Waals surface area (Å²) in [4.78, 5) is 12.6. The van der Waals surface area contributed by atoms with Crippen molar-refractivity contribution in [3.05, 3.63) is 29.8 Å². The smallest absolute Gasteiger partial charge is 0.317 e. The molecule has 0 fully saturated rings. The van der Waals surface area contributed by atoms with Gasteiger partial charge in [0.05, 0.1) is 6.54 Å². The van der Waals surface area contributed by atoms with Gasteiger partial charge in [0.15, 0.2) is 0 Å². The van der Waals surface area contributed by atoms with Crippen molar-refractivity contribution in [2.24, 2.45) is 5.92 Å². The SMILES string of the molecule is CC(C)CN(CC(=O)O)Cc1cccc(O)c1. The van der Waals surface area contributed by atoms with Crippen LogP contribution in [0.1, 0.15) is 19.4 Å². The standard InChI is InChI=1S/C13H19NO3/c1-10(2)7-14(9-13(16)17)8-11-4-3-5-12(15)6-11/h3-6,10,15H,7-9H2,1-2H3,(H,16,17). The zero-order chi connectivity index (χ0) is 12.8. The van der Waals surface area contributed by atoms with Gasteiger partial charge in [-0.3, -0.25) is 9.69 Å². The second kappa shape index (κ2) is 6.25. The number of aromatic hydroxyl groups is 1. The predicted octanol–water partition coefficient (Wildman–Crippen LogP) is 1.93. The highest BCUT2D eigenvalue weighted by atomic mass is 16.4. The summed E-state index contributed by atoms with van der Waals surface area (Å²) < 4.78 is 0. The summed E-state index contributed by atoms with van der Waals surface area (Å²) in [6.07, 6.45) is 0. The Bertz CT molecular complexity index is 377. The molecule has 0 amide bonds. The molecule has 0 heterocycles. The summed E-state index contributed by atoms with van der Waals surface area (Å²) in [5.41, 5.74) is 0.923. The molecule has 0 saturated heterocycles. The Labute approximate surface area is 101 Å². The van der Waals surface area contributed by atoms with Crippen LogP contribution in [-0.4, -0.2) is 34.2 Å². The van der Waals surface area contributed by atoms with Crippen LogP contribution in [0.4, 0.5) is 0 Å². The molecule has 0 spiro atoms. The van der Waals surface area contributed by atoms with E-state index in [1.807, 2.05) is 11.0 Å². The number of phenolic OH excluding ortho intramolecular Hbond substituents is 1. The maximum atomic E-state index is 10.8. The van der Waals surface area contributed by atoms with Crippen LogP contribution >= 0.6 is 0 Å². The van der Waals surface area contributed by atoms with Crippen LogP contribution < -0.4 is 0 Å². The summed E-state index contributed by atoms with van der Waals surface area (Å²) >= 11 is 0. The van der Waals surface area contributed by atoms with Crippen LogP contribution in [0.5, 0.6) is 5.75 Å². The van der Waals surface area contributed by atoms with Crippen LogP contribution in [-0.2, 0) is 11.3 Å². The number of aliphatic carboxylic acids is 1. The summed E-state index contributed by atoms with van der Waals surface area (Å²) in [5.74, 6) is -0.209. The zero-order valence-corrected chi connectivity index (χ0v) is 10.3. The second-order valence-corrected chi connectivity index (χ2v) is 4.63. The highest BCUT2D eigenvalue weighted by Crippen LogP contribution is 2.13. The Balaban J connectivity index is 2.67. The Morgan fingerprint density at radius 2 is 2.12 bits per heavy atom. The van der Waals surface area contributed by atoms with E-state index < -0.39 is 5.97 Å². The second-order valence-electron chi connectivity index (χ2n) is 4.63. The fourth-order valence-corrected chi connectivity index (χ4v) is 1.81. The van der Waals surface area contributed by atoms with E-state index in [4.69, 9.17) is 5.11 Å². The Morgan fingerprint density at radius 1 is 1.41 bits per heavy atom. The lowest BCUT2D eigenvalue weighted by Gasteiger charge is -2.22. The molecule has 1 rings (SSSR count). The molecule has 17 heavy (non-hydrogen) atoms. The molecule has 1 aromatic carbocycles. The lowest BCUT2D eigenvalue weighted by Crippen LogP contribution is -2.32. The monoisotopic (exact) mass is 237 g/mol. The molecule has 0 saturated carbocycles. The molecule has 94 valence electrons. The van der Waals surface area contributed by atoms with Crippen molar-refractivity contribution in [2.75, 3.05) is 13.1 Å². The third-order valence-corrected chi connectivity index (χ3v) is 2.30. The van der Waals surface area contributed by atoms with Gasteiger partial charge >= 0.3 is 5.97 Å². The van der Waals surface area contributed by atoms with E-state index in [0.29, 0.717) is 12.5 Å². The number of hydrogen-bond donors (Lipinski definition) is 2. The summed E-state index contributed by atoms with van der Waals surface area (Å²) in [7, 11) is 0. The fraction of sp³-hybridized carbons (Fsp3) is 0.462. The average molecular weight is 237 g/mol.